The van der Waals surface area contributed by atoms with E-state index in [-0.39, 0.29) is 6.04 Å². The van der Waals surface area contributed by atoms with Crippen molar-refractivity contribution in [2.75, 3.05) is 0 Å². The predicted octanol–water partition coefficient (Wildman–Crippen LogP) is 2.02. The lowest BCUT2D eigenvalue weighted by Gasteiger charge is -2.12. The highest BCUT2D eigenvalue weighted by molar-refractivity contribution is 5.82. The molecule has 0 aliphatic rings. The first-order valence-corrected chi connectivity index (χ1v) is 5.83. The molecule has 1 atom stereocenters. The highest BCUT2D eigenvalue weighted by atomic mass is 15.2. The van der Waals surface area contributed by atoms with E-state index in [2.05, 4.69) is 10.1 Å². The minimum absolute atomic E-state index is 0.174. The van der Waals surface area contributed by atoms with Crippen LogP contribution in [0, 0.1) is 0 Å². The van der Waals surface area contributed by atoms with E-state index in [0.717, 1.165) is 22.0 Å². The molecule has 90 valence electrons. The largest absolute Gasteiger partial charge is 0.320 e. The van der Waals surface area contributed by atoms with Gasteiger partial charge in [0.2, 0.25) is 0 Å². The molecule has 3 aromatic rings. The Hall–Kier alpha value is -2.20. The van der Waals surface area contributed by atoms with E-state index in [1.807, 2.05) is 43.6 Å². The summed E-state index contributed by atoms with van der Waals surface area (Å²) in [6, 6.07) is 9.83. The molecule has 0 saturated heterocycles. The first-order chi connectivity index (χ1) is 8.75. The van der Waals surface area contributed by atoms with Crippen molar-refractivity contribution in [2.24, 2.45) is 12.8 Å². The molecule has 0 spiro atoms. The van der Waals surface area contributed by atoms with Gasteiger partial charge in [-0.05, 0) is 17.7 Å². The molecule has 0 bridgehead atoms. The van der Waals surface area contributed by atoms with E-state index in [9.17, 15) is 0 Å². The molecule has 4 heteroatoms. The van der Waals surface area contributed by atoms with E-state index >= 15 is 0 Å². The number of benzene rings is 1. The van der Waals surface area contributed by atoms with Crippen LogP contribution in [-0.2, 0) is 7.05 Å². The number of aryl methyl sites for hydroxylation is 1. The molecule has 3 rings (SSSR count). The Morgan fingerprint density at radius 3 is 2.89 bits per heavy atom. The number of hydrogen-bond acceptors (Lipinski definition) is 3. The minimum atomic E-state index is -0.174. The maximum absolute atomic E-state index is 6.31. The van der Waals surface area contributed by atoms with Gasteiger partial charge in [0.05, 0.1) is 17.8 Å². The molecule has 0 fully saturated rings. The van der Waals surface area contributed by atoms with Gasteiger partial charge < -0.3 is 5.73 Å². The monoisotopic (exact) mass is 238 g/mol. The Bertz CT molecular complexity index is 682. The zero-order chi connectivity index (χ0) is 12.5. The molecule has 1 unspecified atom stereocenters. The van der Waals surface area contributed by atoms with Crippen LogP contribution in [0.25, 0.3) is 10.9 Å². The number of hydrogen-bond donors (Lipinski definition) is 1. The second-order valence-electron chi connectivity index (χ2n) is 4.34. The average Bonchev–Trinajstić information content (AvgIpc) is 2.84. The molecule has 0 aliphatic heterocycles. The van der Waals surface area contributed by atoms with Gasteiger partial charge in [0.1, 0.15) is 0 Å². The second-order valence-corrected chi connectivity index (χ2v) is 4.34. The van der Waals surface area contributed by atoms with Crippen LogP contribution in [0.2, 0.25) is 0 Å². The predicted molar refractivity (Wildman–Crippen MR) is 71.0 cm³/mol. The summed E-state index contributed by atoms with van der Waals surface area (Å²) in [5.41, 5.74) is 9.37. The maximum atomic E-state index is 6.31. The first kappa shape index (κ1) is 10.9. The molecule has 2 aromatic heterocycles. The third-order valence-corrected chi connectivity index (χ3v) is 3.10. The standard InChI is InChI=1S/C14H14N4/c1-18-9-10(8-17-18)14(15)12-4-2-6-13-11(12)5-3-7-16-13/h2-9,14H,15H2,1H3. The maximum Gasteiger partial charge on any atom is 0.0705 e. The molecule has 4 nitrogen and oxygen atoms in total. The average molecular weight is 238 g/mol. The smallest absolute Gasteiger partial charge is 0.0705 e. The van der Waals surface area contributed by atoms with E-state index < -0.39 is 0 Å². The van der Waals surface area contributed by atoms with Crippen LogP contribution in [0.3, 0.4) is 0 Å². The van der Waals surface area contributed by atoms with Crippen LogP contribution >= 0.6 is 0 Å². The topological polar surface area (TPSA) is 56.7 Å². The van der Waals surface area contributed by atoms with Crippen molar-refractivity contribution in [1.82, 2.24) is 14.8 Å². The highest BCUT2D eigenvalue weighted by Gasteiger charge is 2.13. The Kier molecular flexibility index (Phi) is 2.57. The van der Waals surface area contributed by atoms with Gasteiger partial charge in [-0.1, -0.05) is 18.2 Å². The van der Waals surface area contributed by atoms with Gasteiger partial charge in [-0.2, -0.15) is 5.10 Å². The van der Waals surface area contributed by atoms with Crippen molar-refractivity contribution < 1.29 is 0 Å². The lowest BCUT2D eigenvalue weighted by Crippen LogP contribution is -2.11. The molecule has 18 heavy (non-hydrogen) atoms. The Morgan fingerprint density at radius 1 is 1.22 bits per heavy atom. The van der Waals surface area contributed by atoms with Gasteiger partial charge in [-0.15, -0.1) is 0 Å². The van der Waals surface area contributed by atoms with Crippen molar-refractivity contribution in [3.05, 3.63) is 60.0 Å². The second kappa shape index (κ2) is 4.23. The Labute approximate surface area is 105 Å². The van der Waals surface area contributed by atoms with Crippen LogP contribution in [0.15, 0.2) is 48.9 Å². The van der Waals surface area contributed by atoms with E-state index in [4.69, 9.17) is 5.73 Å². The van der Waals surface area contributed by atoms with Gasteiger partial charge in [0.15, 0.2) is 0 Å². The summed E-state index contributed by atoms with van der Waals surface area (Å²) in [4.78, 5) is 4.35. The minimum Gasteiger partial charge on any atom is -0.320 e. The van der Waals surface area contributed by atoms with Crippen LogP contribution in [-0.4, -0.2) is 14.8 Å². The van der Waals surface area contributed by atoms with Crippen molar-refractivity contribution in [2.45, 2.75) is 6.04 Å². The van der Waals surface area contributed by atoms with Crippen LogP contribution in [0.5, 0.6) is 0 Å². The fourth-order valence-electron chi connectivity index (χ4n) is 2.18. The summed E-state index contributed by atoms with van der Waals surface area (Å²) in [6.45, 7) is 0. The summed E-state index contributed by atoms with van der Waals surface area (Å²) in [7, 11) is 1.89. The number of fused-ring (bicyclic) bond motifs is 1. The third-order valence-electron chi connectivity index (χ3n) is 3.10. The van der Waals surface area contributed by atoms with Crippen LogP contribution in [0.1, 0.15) is 17.2 Å². The van der Waals surface area contributed by atoms with Crippen molar-refractivity contribution in [3.8, 4) is 0 Å². The molecule has 0 amide bonds. The van der Waals surface area contributed by atoms with Crippen LogP contribution < -0.4 is 5.73 Å². The number of aromatic nitrogens is 3. The number of pyridine rings is 1. The van der Waals surface area contributed by atoms with E-state index in [1.165, 1.54) is 0 Å². The number of nitrogens with two attached hydrogens (primary N) is 1. The van der Waals surface area contributed by atoms with Crippen molar-refractivity contribution in [1.29, 1.82) is 0 Å². The van der Waals surface area contributed by atoms with Gasteiger partial charge in [0, 0.05) is 30.4 Å². The fourth-order valence-corrected chi connectivity index (χ4v) is 2.18. The zero-order valence-corrected chi connectivity index (χ0v) is 10.1. The SMILES string of the molecule is Cn1cc(C(N)c2cccc3ncccc23)cn1. The normalized spacial score (nSPS) is 12.8. The molecular formula is C14H14N4. The zero-order valence-electron chi connectivity index (χ0n) is 10.1. The quantitative estimate of drug-likeness (QED) is 0.743. The van der Waals surface area contributed by atoms with Crippen LogP contribution in [0.4, 0.5) is 0 Å². The fraction of sp³-hybridized carbons (Fsp3) is 0.143. The summed E-state index contributed by atoms with van der Waals surface area (Å²) in [5.74, 6) is 0. The van der Waals surface area contributed by atoms with Gasteiger partial charge in [-0.25, -0.2) is 0 Å². The first-order valence-electron chi connectivity index (χ1n) is 5.83. The molecular weight excluding hydrogens is 224 g/mol. The molecule has 2 heterocycles. The summed E-state index contributed by atoms with van der Waals surface area (Å²) < 4.78 is 1.76. The molecule has 0 radical (unpaired) electrons. The third kappa shape index (κ3) is 1.76. The summed E-state index contributed by atoms with van der Waals surface area (Å²) in [5, 5.41) is 5.26. The highest BCUT2D eigenvalue weighted by Crippen LogP contribution is 2.25. The molecule has 1 aromatic carbocycles. The number of rotatable bonds is 2. The summed E-state index contributed by atoms with van der Waals surface area (Å²) >= 11 is 0. The van der Waals surface area contributed by atoms with Gasteiger partial charge >= 0.3 is 0 Å². The number of nitrogens with zero attached hydrogens (tertiary/aromatic N) is 3. The molecule has 0 aliphatic carbocycles. The summed E-state index contributed by atoms with van der Waals surface area (Å²) in [6.07, 6.45) is 5.54. The molecule has 2 N–H and O–H groups in total. The lowest BCUT2D eigenvalue weighted by atomic mass is 9.98. The van der Waals surface area contributed by atoms with Crippen molar-refractivity contribution in [3.63, 3.8) is 0 Å². The Morgan fingerprint density at radius 2 is 2.11 bits per heavy atom. The van der Waals surface area contributed by atoms with E-state index in [0.29, 0.717) is 0 Å². The lowest BCUT2D eigenvalue weighted by molar-refractivity contribution is 0.765. The van der Waals surface area contributed by atoms with E-state index in [1.54, 1.807) is 17.1 Å². The molecule has 0 saturated carbocycles. The van der Waals surface area contributed by atoms with Crippen molar-refractivity contribution >= 4 is 10.9 Å². The van der Waals surface area contributed by atoms with Gasteiger partial charge in [0.25, 0.3) is 0 Å². The Balaban J connectivity index is 2.14. The van der Waals surface area contributed by atoms with Gasteiger partial charge in [-0.3, -0.25) is 9.67 Å².